The molecule has 1 fully saturated rings. The lowest BCUT2D eigenvalue weighted by Gasteiger charge is -2.29. The first kappa shape index (κ1) is 16.5. The van der Waals surface area contributed by atoms with Crippen LogP contribution in [0.5, 0.6) is 0 Å². The first-order chi connectivity index (χ1) is 10.5. The number of nitrogens with one attached hydrogen (secondary N) is 1. The van der Waals surface area contributed by atoms with Crippen LogP contribution in [0.4, 0.5) is 5.69 Å². The van der Waals surface area contributed by atoms with Crippen molar-refractivity contribution in [2.45, 2.75) is 52.0 Å². The SMILES string of the molecule is CNC(=O)c1cc(C)c(N=CN(C)C2CCCCC2)cc1C. The van der Waals surface area contributed by atoms with Gasteiger partial charge in [0.1, 0.15) is 0 Å². The van der Waals surface area contributed by atoms with Gasteiger partial charge in [0.05, 0.1) is 12.0 Å². The molecule has 4 heteroatoms. The van der Waals surface area contributed by atoms with Gasteiger partial charge in [-0.3, -0.25) is 4.79 Å². The summed E-state index contributed by atoms with van der Waals surface area (Å²) in [7, 11) is 3.77. The predicted molar refractivity (Wildman–Crippen MR) is 92.1 cm³/mol. The Balaban J connectivity index is 2.13. The van der Waals surface area contributed by atoms with E-state index in [0.717, 1.165) is 22.4 Å². The lowest BCUT2D eigenvalue weighted by atomic mass is 9.95. The van der Waals surface area contributed by atoms with Crippen molar-refractivity contribution in [3.63, 3.8) is 0 Å². The Morgan fingerprint density at radius 1 is 1.23 bits per heavy atom. The highest BCUT2D eigenvalue weighted by atomic mass is 16.1. The van der Waals surface area contributed by atoms with E-state index in [0.29, 0.717) is 6.04 Å². The van der Waals surface area contributed by atoms with E-state index in [1.54, 1.807) is 7.05 Å². The first-order valence-corrected chi connectivity index (χ1v) is 8.12. The van der Waals surface area contributed by atoms with E-state index in [-0.39, 0.29) is 5.91 Å². The van der Waals surface area contributed by atoms with Gasteiger partial charge in [-0.2, -0.15) is 0 Å². The minimum Gasteiger partial charge on any atom is -0.363 e. The second kappa shape index (κ2) is 7.43. The molecule has 1 N–H and O–H groups in total. The van der Waals surface area contributed by atoms with Gasteiger partial charge in [-0.15, -0.1) is 0 Å². The molecule has 22 heavy (non-hydrogen) atoms. The molecule has 0 atom stereocenters. The second-order valence-electron chi connectivity index (χ2n) is 6.23. The van der Waals surface area contributed by atoms with Crippen LogP contribution in [0, 0.1) is 13.8 Å². The maximum atomic E-state index is 11.8. The predicted octanol–water partition coefficient (Wildman–Crippen LogP) is 3.59. The topological polar surface area (TPSA) is 44.7 Å². The second-order valence-corrected chi connectivity index (χ2v) is 6.23. The number of hydrogen-bond acceptors (Lipinski definition) is 2. The van der Waals surface area contributed by atoms with Gasteiger partial charge in [-0.25, -0.2) is 4.99 Å². The molecule has 0 aromatic heterocycles. The van der Waals surface area contributed by atoms with Crippen LogP contribution in [-0.2, 0) is 0 Å². The molecule has 1 aliphatic rings. The minimum absolute atomic E-state index is 0.0459. The van der Waals surface area contributed by atoms with Crippen molar-refractivity contribution in [1.29, 1.82) is 0 Å². The highest BCUT2D eigenvalue weighted by Gasteiger charge is 2.16. The fourth-order valence-electron chi connectivity index (χ4n) is 3.06. The third-order valence-corrected chi connectivity index (χ3v) is 4.54. The van der Waals surface area contributed by atoms with Crippen LogP contribution < -0.4 is 5.32 Å². The van der Waals surface area contributed by atoms with Crippen molar-refractivity contribution in [3.05, 3.63) is 28.8 Å². The summed E-state index contributed by atoms with van der Waals surface area (Å²) in [5.41, 5.74) is 3.64. The maximum absolute atomic E-state index is 11.8. The number of amides is 1. The highest BCUT2D eigenvalue weighted by Crippen LogP contribution is 2.24. The van der Waals surface area contributed by atoms with E-state index < -0.39 is 0 Å². The number of carbonyl (C=O) groups is 1. The summed E-state index contributed by atoms with van der Waals surface area (Å²) in [5.74, 6) is -0.0459. The molecule has 1 saturated carbocycles. The Bertz CT molecular complexity index is 560. The monoisotopic (exact) mass is 301 g/mol. The number of carbonyl (C=O) groups excluding carboxylic acids is 1. The molecular formula is C18H27N3O. The normalized spacial score (nSPS) is 16.0. The summed E-state index contributed by atoms with van der Waals surface area (Å²) in [5, 5.41) is 2.68. The van der Waals surface area contributed by atoms with Crippen molar-refractivity contribution in [2.75, 3.05) is 14.1 Å². The molecule has 120 valence electrons. The summed E-state index contributed by atoms with van der Waals surface area (Å²) < 4.78 is 0. The number of aliphatic imine (C=N–C) groups is 1. The summed E-state index contributed by atoms with van der Waals surface area (Å²) in [4.78, 5) is 18.7. The third kappa shape index (κ3) is 3.87. The van der Waals surface area contributed by atoms with Crippen LogP contribution in [-0.4, -0.2) is 37.3 Å². The van der Waals surface area contributed by atoms with E-state index in [9.17, 15) is 4.79 Å². The largest absolute Gasteiger partial charge is 0.363 e. The van der Waals surface area contributed by atoms with Crippen LogP contribution >= 0.6 is 0 Å². The number of hydrogen-bond donors (Lipinski definition) is 1. The molecule has 1 aromatic rings. The molecule has 0 aliphatic heterocycles. The molecule has 0 heterocycles. The zero-order valence-electron chi connectivity index (χ0n) is 14.1. The number of aryl methyl sites for hydroxylation is 2. The first-order valence-electron chi connectivity index (χ1n) is 8.12. The average Bonchev–Trinajstić information content (AvgIpc) is 2.55. The van der Waals surface area contributed by atoms with Gasteiger partial charge in [0.15, 0.2) is 0 Å². The van der Waals surface area contributed by atoms with Crippen LogP contribution in [0.2, 0.25) is 0 Å². The van der Waals surface area contributed by atoms with Gasteiger partial charge in [-0.05, 0) is 49.9 Å². The summed E-state index contributed by atoms with van der Waals surface area (Å²) in [6, 6.07) is 4.52. The van der Waals surface area contributed by atoms with Gasteiger partial charge in [0.25, 0.3) is 5.91 Å². The van der Waals surface area contributed by atoms with Gasteiger partial charge in [-0.1, -0.05) is 19.3 Å². The zero-order chi connectivity index (χ0) is 16.1. The summed E-state index contributed by atoms with van der Waals surface area (Å²) in [6.07, 6.45) is 8.47. The molecular weight excluding hydrogens is 274 g/mol. The molecule has 0 unspecified atom stereocenters. The Hall–Kier alpha value is -1.84. The van der Waals surface area contributed by atoms with Crippen LogP contribution in [0.3, 0.4) is 0 Å². The van der Waals surface area contributed by atoms with Gasteiger partial charge in [0, 0.05) is 25.7 Å². The van der Waals surface area contributed by atoms with Gasteiger partial charge >= 0.3 is 0 Å². The molecule has 1 amide bonds. The Labute approximate surface area is 133 Å². The number of nitrogens with zero attached hydrogens (tertiary/aromatic N) is 2. The number of rotatable bonds is 4. The molecule has 0 radical (unpaired) electrons. The van der Waals surface area contributed by atoms with Crippen molar-refractivity contribution < 1.29 is 4.79 Å². The molecule has 1 aromatic carbocycles. The van der Waals surface area contributed by atoms with E-state index in [2.05, 4.69) is 22.3 Å². The minimum atomic E-state index is -0.0459. The maximum Gasteiger partial charge on any atom is 0.251 e. The van der Waals surface area contributed by atoms with E-state index >= 15 is 0 Å². The fourth-order valence-corrected chi connectivity index (χ4v) is 3.06. The molecule has 0 spiro atoms. The van der Waals surface area contributed by atoms with Crippen molar-refractivity contribution in [1.82, 2.24) is 10.2 Å². The molecule has 0 saturated heterocycles. The van der Waals surface area contributed by atoms with Crippen molar-refractivity contribution in [3.8, 4) is 0 Å². The Morgan fingerprint density at radius 3 is 2.55 bits per heavy atom. The molecule has 2 rings (SSSR count). The van der Waals surface area contributed by atoms with Crippen LogP contribution in [0.1, 0.15) is 53.6 Å². The van der Waals surface area contributed by atoms with E-state index in [1.165, 1.54) is 32.1 Å². The van der Waals surface area contributed by atoms with Crippen LogP contribution in [0.25, 0.3) is 0 Å². The smallest absolute Gasteiger partial charge is 0.251 e. The molecule has 1 aliphatic carbocycles. The van der Waals surface area contributed by atoms with Gasteiger partial charge < -0.3 is 10.2 Å². The zero-order valence-corrected chi connectivity index (χ0v) is 14.1. The lowest BCUT2D eigenvalue weighted by Crippen LogP contribution is -2.32. The average molecular weight is 301 g/mol. The van der Waals surface area contributed by atoms with Crippen molar-refractivity contribution >= 4 is 17.9 Å². The Morgan fingerprint density at radius 2 is 1.91 bits per heavy atom. The standard InChI is InChI=1S/C18H27N3O/c1-13-11-17(14(2)10-16(13)18(22)19-3)20-12-21(4)15-8-6-5-7-9-15/h10-12,15H,5-9H2,1-4H3,(H,19,22). The van der Waals surface area contributed by atoms with Crippen molar-refractivity contribution in [2.24, 2.45) is 4.99 Å². The quantitative estimate of drug-likeness (QED) is 0.682. The summed E-state index contributed by atoms with van der Waals surface area (Å²) in [6.45, 7) is 3.95. The van der Waals surface area contributed by atoms with Gasteiger partial charge in [0.2, 0.25) is 0 Å². The highest BCUT2D eigenvalue weighted by molar-refractivity contribution is 5.96. The van der Waals surface area contributed by atoms with Crippen LogP contribution in [0.15, 0.2) is 17.1 Å². The fraction of sp³-hybridized carbons (Fsp3) is 0.556. The lowest BCUT2D eigenvalue weighted by molar-refractivity contribution is 0.0962. The molecule has 4 nitrogen and oxygen atoms in total. The van der Waals surface area contributed by atoms with E-state index in [1.807, 2.05) is 32.3 Å². The summed E-state index contributed by atoms with van der Waals surface area (Å²) >= 11 is 0. The number of benzene rings is 1. The third-order valence-electron chi connectivity index (χ3n) is 4.54. The van der Waals surface area contributed by atoms with E-state index in [4.69, 9.17) is 0 Å². The molecule has 0 bridgehead atoms. The Kier molecular flexibility index (Phi) is 5.58.